The van der Waals surface area contributed by atoms with Gasteiger partial charge in [0.15, 0.2) is 0 Å². The molecule has 0 radical (unpaired) electrons. The van der Waals surface area contributed by atoms with Gasteiger partial charge >= 0.3 is 0 Å². The van der Waals surface area contributed by atoms with Gasteiger partial charge in [0.1, 0.15) is 0 Å². The van der Waals surface area contributed by atoms with Gasteiger partial charge in [0.05, 0.1) is 0 Å². The average molecular weight is 213 g/mol. The molecular formula is C12H27N3. The van der Waals surface area contributed by atoms with Gasteiger partial charge in [-0.1, -0.05) is 20.3 Å². The highest BCUT2D eigenvalue weighted by Gasteiger charge is 2.29. The van der Waals surface area contributed by atoms with Crippen molar-refractivity contribution in [2.75, 3.05) is 33.2 Å². The van der Waals surface area contributed by atoms with E-state index in [0.717, 1.165) is 19.0 Å². The zero-order chi connectivity index (χ0) is 11.4. The van der Waals surface area contributed by atoms with Gasteiger partial charge < -0.3 is 10.6 Å². The molecule has 3 unspecified atom stereocenters. The molecule has 0 aromatic rings. The number of nitrogens with zero attached hydrogens (tertiary/aromatic N) is 2. The molecule has 2 N–H and O–H groups in total. The van der Waals surface area contributed by atoms with Crippen LogP contribution in [0.4, 0.5) is 0 Å². The van der Waals surface area contributed by atoms with Crippen molar-refractivity contribution >= 4 is 0 Å². The topological polar surface area (TPSA) is 32.5 Å². The van der Waals surface area contributed by atoms with Crippen molar-refractivity contribution in [3.8, 4) is 0 Å². The van der Waals surface area contributed by atoms with Crippen LogP contribution < -0.4 is 5.73 Å². The monoisotopic (exact) mass is 213 g/mol. The third kappa shape index (κ3) is 3.16. The van der Waals surface area contributed by atoms with Crippen molar-refractivity contribution in [3.05, 3.63) is 0 Å². The zero-order valence-corrected chi connectivity index (χ0v) is 10.7. The fraction of sp³-hybridized carbons (Fsp3) is 1.00. The highest BCUT2D eigenvalue weighted by Crippen LogP contribution is 2.19. The van der Waals surface area contributed by atoms with Crippen LogP contribution in [0.1, 0.15) is 27.2 Å². The summed E-state index contributed by atoms with van der Waals surface area (Å²) in [6, 6.07) is 1.21. The molecule has 3 atom stereocenters. The highest BCUT2D eigenvalue weighted by molar-refractivity contribution is 4.86. The van der Waals surface area contributed by atoms with Crippen molar-refractivity contribution in [3.63, 3.8) is 0 Å². The van der Waals surface area contributed by atoms with Crippen molar-refractivity contribution in [2.24, 2.45) is 11.7 Å². The molecule has 0 aliphatic carbocycles. The molecule has 0 aromatic carbocycles. The van der Waals surface area contributed by atoms with E-state index in [1.807, 2.05) is 0 Å². The lowest BCUT2D eigenvalue weighted by molar-refractivity contribution is 0.0417. The van der Waals surface area contributed by atoms with Crippen molar-refractivity contribution < 1.29 is 0 Å². The second-order valence-corrected chi connectivity index (χ2v) is 5.02. The minimum absolute atomic E-state index is 0.549. The normalized spacial score (nSPS) is 29.0. The summed E-state index contributed by atoms with van der Waals surface area (Å²) in [6.07, 6.45) is 1.25. The summed E-state index contributed by atoms with van der Waals surface area (Å²) in [5, 5.41) is 0. The minimum Gasteiger partial charge on any atom is -0.329 e. The molecule has 1 aliphatic heterocycles. The van der Waals surface area contributed by atoms with Crippen molar-refractivity contribution in [1.82, 2.24) is 9.80 Å². The maximum Gasteiger partial charge on any atom is 0.0349 e. The summed E-state index contributed by atoms with van der Waals surface area (Å²) in [6.45, 7) is 11.2. The smallest absolute Gasteiger partial charge is 0.0349 e. The molecule has 0 aromatic heterocycles. The maximum atomic E-state index is 5.87. The Hall–Kier alpha value is -0.120. The van der Waals surface area contributed by atoms with E-state index in [1.54, 1.807) is 0 Å². The summed E-state index contributed by atoms with van der Waals surface area (Å²) >= 11 is 0. The van der Waals surface area contributed by atoms with Gasteiger partial charge in [-0.05, 0) is 19.9 Å². The molecule has 0 saturated carbocycles. The average Bonchev–Trinajstić information content (AvgIpc) is 2.26. The van der Waals surface area contributed by atoms with Gasteiger partial charge in [-0.2, -0.15) is 0 Å². The first-order valence-corrected chi connectivity index (χ1v) is 6.24. The lowest BCUT2D eigenvalue weighted by atomic mass is 9.96. The van der Waals surface area contributed by atoms with Crippen LogP contribution in [0.5, 0.6) is 0 Å². The van der Waals surface area contributed by atoms with E-state index in [1.165, 1.54) is 19.5 Å². The van der Waals surface area contributed by atoms with Gasteiger partial charge in [-0.3, -0.25) is 4.90 Å². The second-order valence-electron chi connectivity index (χ2n) is 5.02. The Morgan fingerprint density at radius 2 is 2.00 bits per heavy atom. The molecule has 1 saturated heterocycles. The molecule has 3 nitrogen and oxygen atoms in total. The van der Waals surface area contributed by atoms with E-state index in [0.29, 0.717) is 12.1 Å². The minimum atomic E-state index is 0.549. The third-order valence-electron chi connectivity index (χ3n) is 3.99. The lowest BCUT2D eigenvalue weighted by Gasteiger charge is -2.44. The largest absolute Gasteiger partial charge is 0.329 e. The first-order chi connectivity index (χ1) is 7.10. The van der Waals surface area contributed by atoms with Crippen LogP contribution in [0.2, 0.25) is 0 Å². The summed E-state index contributed by atoms with van der Waals surface area (Å²) in [4.78, 5) is 4.99. The Morgan fingerprint density at radius 3 is 2.53 bits per heavy atom. The first kappa shape index (κ1) is 12.9. The second kappa shape index (κ2) is 5.83. The first-order valence-electron chi connectivity index (χ1n) is 6.24. The Morgan fingerprint density at radius 1 is 1.33 bits per heavy atom. The molecule has 0 spiro atoms. The van der Waals surface area contributed by atoms with Gasteiger partial charge in [0.2, 0.25) is 0 Å². The van der Waals surface area contributed by atoms with Gasteiger partial charge in [0.25, 0.3) is 0 Å². The third-order valence-corrected chi connectivity index (χ3v) is 3.99. The molecule has 3 heteroatoms. The van der Waals surface area contributed by atoms with E-state index in [4.69, 9.17) is 5.73 Å². The van der Waals surface area contributed by atoms with Crippen LogP contribution in [0.25, 0.3) is 0 Å². The van der Waals surface area contributed by atoms with Gasteiger partial charge in [-0.15, -0.1) is 0 Å². The summed E-state index contributed by atoms with van der Waals surface area (Å²) in [5.41, 5.74) is 5.87. The lowest BCUT2D eigenvalue weighted by Crippen LogP contribution is -2.58. The number of piperazine rings is 1. The van der Waals surface area contributed by atoms with E-state index in [9.17, 15) is 0 Å². The number of hydrogen-bond acceptors (Lipinski definition) is 3. The molecule has 0 bridgehead atoms. The molecule has 90 valence electrons. The van der Waals surface area contributed by atoms with Crippen LogP contribution in [0.15, 0.2) is 0 Å². The van der Waals surface area contributed by atoms with Gasteiger partial charge in [-0.25, -0.2) is 0 Å². The predicted molar refractivity (Wildman–Crippen MR) is 66.0 cm³/mol. The fourth-order valence-electron chi connectivity index (χ4n) is 2.44. The number of likely N-dealkylation sites (N-methyl/N-ethyl adjacent to an activating group) is 1. The Balaban J connectivity index is 2.58. The summed E-state index contributed by atoms with van der Waals surface area (Å²) < 4.78 is 0. The Bertz CT molecular complexity index is 182. The standard InChI is InChI=1S/C12H27N3/c1-5-10(2)11(3)15-7-6-14(4)9-12(15)8-13/h10-12H,5-9,13H2,1-4H3. The SMILES string of the molecule is CCC(C)C(C)N1CCN(C)CC1CN. The molecule has 1 heterocycles. The van der Waals surface area contributed by atoms with Crippen molar-refractivity contribution in [1.29, 1.82) is 0 Å². The number of rotatable bonds is 4. The zero-order valence-electron chi connectivity index (χ0n) is 10.7. The molecule has 0 amide bonds. The van der Waals surface area contributed by atoms with Crippen molar-refractivity contribution in [2.45, 2.75) is 39.3 Å². The van der Waals surface area contributed by atoms with Gasteiger partial charge in [0, 0.05) is 38.3 Å². The van der Waals surface area contributed by atoms with E-state index >= 15 is 0 Å². The van der Waals surface area contributed by atoms with Crippen LogP contribution >= 0.6 is 0 Å². The van der Waals surface area contributed by atoms with Crippen LogP contribution in [-0.4, -0.2) is 55.1 Å². The molecule has 15 heavy (non-hydrogen) atoms. The molecule has 1 rings (SSSR count). The maximum absolute atomic E-state index is 5.87. The fourth-order valence-corrected chi connectivity index (χ4v) is 2.44. The highest BCUT2D eigenvalue weighted by atomic mass is 15.3. The van der Waals surface area contributed by atoms with Crippen LogP contribution in [-0.2, 0) is 0 Å². The predicted octanol–water partition coefficient (Wildman–Crippen LogP) is 0.996. The molecular weight excluding hydrogens is 186 g/mol. The van der Waals surface area contributed by atoms with E-state index < -0.39 is 0 Å². The van der Waals surface area contributed by atoms with Crippen LogP contribution in [0, 0.1) is 5.92 Å². The molecule has 1 aliphatic rings. The number of hydrogen-bond donors (Lipinski definition) is 1. The molecule has 1 fully saturated rings. The van der Waals surface area contributed by atoms with E-state index in [-0.39, 0.29) is 0 Å². The summed E-state index contributed by atoms with van der Waals surface area (Å²) in [5.74, 6) is 0.766. The Kier molecular flexibility index (Phi) is 5.03. The van der Waals surface area contributed by atoms with E-state index in [2.05, 4.69) is 37.6 Å². The Labute approximate surface area is 94.6 Å². The number of nitrogens with two attached hydrogens (primary N) is 1. The quantitative estimate of drug-likeness (QED) is 0.756. The summed E-state index contributed by atoms with van der Waals surface area (Å²) in [7, 11) is 2.19. The van der Waals surface area contributed by atoms with Crippen LogP contribution in [0.3, 0.4) is 0 Å².